The molecule has 0 aliphatic heterocycles. The highest BCUT2D eigenvalue weighted by Gasteiger charge is 2.11. The van der Waals surface area contributed by atoms with Crippen molar-refractivity contribution in [3.05, 3.63) is 65.2 Å². The molecule has 0 heterocycles. The standard InChI is InChI=1S/C21H25NO4/c1-4-17-7-5-6-8-19(17)22-20(23)14-26-21(24)18-11-9-16(10-12-18)13-25-15(2)3/h5-12,15H,4,13-14H2,1-3H3,(H,22,23). The van der Waals surface area contributed by atoms with E-state index in [9.17, 15) is 9.59 Å². The van der Waals surface area contributed by atoms with Crippen molar-refractivity contribution in [3.63, 3.8) is 0 Å². The largest absolute Gasteiger partial charge is 0.452 e. The van der Waals surface area contributed by atoms with Crippen LogP contribution in [0.4, 0.5) is 5.69 Å². The monoisotopic (exact) mass is 355 g/mol. The molecule has 0 saturated carbocycles. The summed E-state index contributed by atoms with van der Waals surface area (Å²) < 4.78 is 10.6. The Labute approximate surface area is 154 Å². The molecule has 0 spiro atoms. The summed E-state index contributed by atoms with van der Waals surface area (Å²) >= 11 is 0. The maximum atomic E-state index is 12.1. The van der Waals surface area contributed by atoms with Gasteiger partial charge in [0.25, 0.3) is 5.91 Å². The van der Waals surface area contributed by atoms with E-state index in [1.54, 1.807) is 12.1 Å². The number of anilines is 1. The van der Waals surface area contributed by atoms with Crippen molar-refractivity contribution < 1.29 is 19.1 Å². The van der Waals surface area contributed by atoms with Crippen LogP contribution in [0.5, 0.6) is 0 Å². The zero-order chi connectivity index (χ0) is 18.9. The number of hydrogen-bond donors (Lipinski definition) is 1. The number of amides is 1. The Balaban J connectivity index is 1.85. The first-order valence-electron chi connectivity index (χ1n) is 8.75. The van der Waals surface area contributed by atoms with Crippen molar-refractivity contribution in [2.45, 2.75) is 39.9 Å². The van der Waals surface area contributed by atoms with E-state index in [1.165, 1.54) is 0 Å². The average Bonchev–Trinajstić information content (AvgIpc) is 2.65. The predicted octanol–water partition coefficient (Wildman–Crippen LogP) is 3.97. The van der Waals surface area contributed by atoms with Gasteiger partial charge in [0, 0.05) is 5.69 Å². The highest BCUT2D eigenvalue weighted by atomic mass is 16.5. The van der Waals surface area contributed by atoms with Crippen LogP contribution >= 0.6 is 0 Å². The van der Waals surface area contributed by atoms with E-state index in [-0.39, 0.29) is 18.6 Å². The first kappa shape index (κ1) is 19.7. The van der Waals surface area contributed by atoms with Crippen LogP contribution in [0, 0.1) is 0 Å². The maximum Gasteiger partial charge on any atom is 0.338 e. The molecule has 5 heteroatoms. The second kappa shape index (κ2) is 9.73. The van der Waals surface area contributed by atoms with E-state index < -0.39 is 5.97 Å². The summed E-state index contributed by atoms with van der Waals surface area (Å²) in [5, 5.41) is 2.77. The first-order chi connectivity index (χ1) is 12.5. The van der Waals surface area contributed by atoms with Crippen LogP contribution in [-0.2, 0) is 27.3 Å². The molecule has 0 aliphatic carbocycles. The van der Waals surface area contributed by atoms with Gasteiger partial charge in [0.2, 0.25) is 0 Å². The molecule has 2 aromatic carbocycles. The minimum absolute atomic E-state index is 0.149. The van der Waals surface area contributed by atoms with E-state index in [2.05, 4.69) is 5.32 Å². The number of para-hydroxylation sites is 1. The Hall–Kier alpha value is -2.66. The van der Waals surface area contributed by atoms with Gasteiger partial charge in [-0.2, -0.15) is 0 Å². The molecule has 0 radical (unpaired) electrons. The molecule has 138 valence electrons. The summed E-state index contributed by atoms with van der Waals surface area (Å²) in [5.74, 6) is -0.888. The summed E-state index contributed by atoms with van der Waals surface area (Å²) in [6.45, 7) is 6.12. The highest BCUT2D eigenvalue weighted by molar-refractivity contribution is 5.95. The first-order valence-corrected chi connectivity index (χ1v) is 8.75. The number of nitrogens with one attached hydrogen (secondary N) is 1. The Morgan fingerprint density at radius 3 is 2.38 bits per heavy atom. The molecule has 26 heavy (non-hydrogen) atoms. The van der Waals surface area contributed by atoms with Crippen LogP contribution in [0.15, 0.2) is 48.5 Å². The van der Waals surface area contributed by atoms with Gasteiger partial charge in [-0.05, 0) is 49.6 Å². The van der Waals surface area contributed by atoms with Crippen molar-refractivity contribution in [1.82, 2.24) is 0 Å². The molecule has 1 amide bonds. The minimum Gasteiger partial charge on any atom is -0.452 e. The Morgan fingerprint density at radius 1 is 1.04 bits per heavy atom. The van der Waals surface area contributed by atoms with Crippen molar-refractivity contribution >= 4 is 17.6 Å². The number of esters is 1. The maximum absolute atomic E-state index is 12.1. The smallest absolute Gasteiger partial charge is 0.338 e. The van der Waals surface area contributed by atoms with Crippen molar-refractivity contribution in [1.29, 1.82) is 0 Å². The zero-order valence-electron chi connectivity index (χ0n) is 15.5. The van der Waals surface area contributed by atoms with E-state index in [1.807, 2.05) is 57.2 Å². The minimum atomic E-state index is -0.528. The van der Waals surface area contributed by atoms with E-state index >= 15 is 0 Å². The molecule has 0 bridgehead atoms. The van der Waals surface area contributed by atoms with Crippen molar-refractivity contribution in [2.24, 2.45) is 0 Å². The predicted molar refractivity (Wildman–Crippen MR) is 101 cm³/mol. The van der Waals surface area contributed by atoms with Crippen LogP contribution < -0.4 is 5.32 Å². The number of aryl methyl sites for hydroxylation is 1. The molecule has 0 saturated heterocycles. The molecular formula is C21H25NO4. The molecular weight excluding hydrogens is 330 g/mol. The molecule has 0 atom stereocenters. The van der Waals surface area contributed by atoms with Crippen molar-refractivity contribution in [2.75, 3.05) is 11.9 Å². The summed E-state index contributed by atoms with van der Waals surface area (Å²) in [7, 11) is 0. The van der Waals surface area contributed by atoms with Crippen LogP contribution in [0.25, 0.3) is 0 Å². The number of benzene rings is 2. The third-order valence-corrected chi connectivity index (χ3v) is 3.78. The zero-order valence-corrected chi connectivity index (χ0v) is 15.5. The Kier molecular flexibility index (Phi) is 7.36. The fraction of sp³-hybridized carbons (Fsp3) is 0.333. The van der Waals surface area contributed by atoms with Gasteiger partial charge >= 0.3 is 5.97 Å². The molecule has 2 rings (SSSR count). The lowest BCUT2D eigenvalue weighted by molar-refractivity contribution is -0.119. The van der Waals surface area contributed by atoms with Gasteiger partial charge in [0.1, 0.15) is 0 Å². The lowest BCUT2D eigenvalue weighted by Crippen LogP contribution is -2.21. The molecule has 0 fully saturated rings. The van der Waals surface area contributed by atoms with Crippen LogP contribution in [0.3, 0.4) is 0 Å². The number of carbonyl (C=O) groups is 2. The van der Waals surface area contributed by atoms with Crippen LogP contribution in [0.1, 0.15) is 42.3 Å². The second-order valence-corrected chi connectivity index (χ2v) is 6.19. The fourth-order valence-electron chi connectivity index (χ4n) is 2.35. The Bertz CT molecular complexity index is 738. The SMILES string of the molecule is CCc1ccccc1NC(=O)COC(=O)c1ccc(COC(C)C)cc1. The number of rotatable bonds is 8. The van der Waals surface area contributed by atoms with E-state index in [4.69, 9.17) is 9.47 Å². The van der Waals surface area contributed by atoms with Crippen LogP contribution in [0.2, 0.25) is 0 Å². The lowest BCUT2D eigenvalue weighted by atomic mass is 10.1. The molecule has 1 N–H and O–H groups in total. The summed E-state index contributed by atoms with van der Waals surface area (Å²) in [5.41, 5.74) is 3.15. The molecule has 2 aromatic rings. The van der Waals surface area contributed by atoms with Gasteiger partial charge in [0.15, 0.2) is 6.61 Å². The number of ether oxygens (including phenoxy) is 2. The fourth-order valence-corrected chi connectivity index (χ4v) is 2.35. The van der Waals surface area contributed by atoms with Gasteiger partial charge < -0.3 is 14.8 Å². The highest BCUT2D eigenvalue weighted by Crippen LogP contribution is 2.15. The number of hydrogen-bond acceptors (Lipinski definition) is 4. The second-order valence-electron chi connectivity index (χ2n) is 6.19. The third kappa shape index (κ3) is 6.01. The van der Waals surface area contributed by atoms with Gasteiger partial charge in [-0.3, -0.25) is 4.79 Å². The quantitative estimate of drug-likeness (QED) is 0.728. The Morgan fingerprint density at radius 2 is 1.73 bits per heavy atom. The van der Waals surface area contributed by atoms with E-state index in [0.29, 0.717) is 12.2 Å². The topological polar surface area (TPSA) is 64.6 Å². The van der Waals surface area contributed by atoms with E-state index in [0.717, 1.165) is 23.2 Å². The number of carbonyl (C=O) groups excluding carboxylic acids is 2. The van der Waals surface area contributed by atoms with Gasteiger partial charge in [-0.25, -0.2) is 4.79 Å². The molecule has 5 nitrogen and oxygen atoms in total. The summed E-state index contributed by atoms with van der Waals surface area (Å²) in [4.78, 5) is 24.1. The van der Waals surface area contributed by atoms with Gasteiger partial charge in [0.05, 0.1) is 18.3 Å². The van der Waals surface area contributed by atoms with Gasteiger partial charge in [-0.15, -0.1) is 0 Å². The lowest BCUT2D eigenvalue weighted by Gasteiger charge is -2.10. The molecule has 0 unspecified atom stereocenters. The van der Waals surface area contributed by atoms with Crippen LogP contribution in [-0.4, -0.2) is 24.6 Å². The molecule has 0 aliphatic rings. The van der Waals surface area contributed by atoms with Gasteiger partial charge in [-0.1, -0.05) is 37.3 Å². The average molecular weight is 355 g/mol. The summed E-state index contributed by atoms with van der Waals surface area (Å²) in [6, 6.07) is 14.5. The van der Waals surface area contributed by atoms with Crippen molar-refractivity contribution in [3.8, 4) is 0 Å². The summed E-state index contributed by atoms with van der Waals surface area (Å²) in [6.07, 6.45) is 0.958. The normalized spacial score (nSPS) is 10.6. The molecule has 0 aromatic heterocycles. The third-order valence-electron chi connectivity index (χ3n) is 3.78.